The third-order valence-electron chi connectivity index (χ3n) is 6.70. The lowest BCUT2D eigenvalue weighted by Gasteiger charge is -2.27. The van der Waals surface area contributed by atoms with Crippen molar-refractivity contribution in [1.29, 1.82) is 0 Å². The first-order chi connectivity index (χ1) is 15.9. The fourth-order valence-corrected chi connectivity index (χ4v) is 4.36. The number of aryl methyl sites for hydroxylation is 2. The van der Waals surface area contributed by atoms with Gasteiger partial charge in [0.2, 0.25) is 0 Å². The molecule has 3 aromatic rings. The Hall–Kier alpha value is -2.66. The van der Waals surface area contributed by atoms with Crippen LogP contribution in [-0.2, 0) is 31.8 Å². The summed E-state index contributed by atoms with van der Waals surface area (Å²) in [5.41, 5.74) is 7.22. The van der Waals surface area contributed by atoms with Crippen molar-refractivity contribution < 1.29 is 20.1 Å². The molecule has 0 saturated heterocycles. The number of aliphatic hydroxyl groups excluding tert-OH is 2. The maximum absolute atomic E-state index is 10.9. The van der Waals surface area contributed by atoms with E-state index in [2.05, 4.69) is 38.1 Å². The van der Waals surface area contributed by atoms with Gasteiger partial charge in [0, 0.05) is 0 Å². The summed E-state index contributed by atoms with van der Waals surface area (Å²) in [6, 6.07) is 18.1. The predicted octanol–water partition coefficient (Wildman–Crippen LogP) is 5.80. The highest BCUT2D eigenvalue weighted by Crippen LogP contribution is 2.35. The van der Waals surface area contributed by atoms with E-state index in [9.17, 15) is 15.3 Å². The summed E-state index contributed by atoms with van der Waals surface area (Å²) in [6.07, 6.45) is 2.28. The summed E-state index contributed by atoms with van der Waals surface area (Å²) >= 11 is 0. The third kappa shape index (κ3) is 5.47. The van der Waals surface area contributed by atoms with Crippen LogP contribution >= 0.6 is 0 Å². The van der Waals surface area contributed by atoms with Gasteiger partial charge in [-0.15, -0.1) is 0 Å². The molecule has 0 radical (unpaired) electrons. The van der Waals surface area contributed by atoms with Gasteiger partial charge in [-0.2, -0.15) is 0 Å². The van der Waals surface area contributed by atoms with E-state index in [1.807, 2.05) is 44.2 Å². The van der Waals surface area contributed by atoms with Crippen molar-refractivity contribution in [2.45, 2.75) is 72.4 Å². The molecule has 0 aromatic heterocycles. The van der Waals surface area contributed by atoms with E-state index < -0.39 is 5.60 Å². The summed E-state index contributed by atoms with van der Waals surface area (Å²) in [5.74, 6) is 0.779. The van der Waals surface area contributed by atoms with Crippen LogP contribution in [0.2, 0.25) is 0 Å². The van der Waals surface area contributed by atoms with E-state index >= 15 is 0 Å². The van der Waals surface area contributed by atoms with Crippen LogP contribution in [0.3, 0.4) is 0 Å². The van der Waals surface area contributed by atoms with Gasteiger partial charge in [-0.05, 0) is 88.9 Å². The van der Waals surface area contributed by atoms with E-state index in [1.165, 1.54) is 5.56 Å². The predicted molar refractivity (Wildman–Crippen MR) is 133 cm³/mol. The average Bonchev–Trinajstić information content (AvgIpc) is 2.86. The first-order valence-electron chi connectivity index (χ1n) is 11.8. The zero-order valence-electron chi connectivity index (χ0n) is 20.2. The van der Waals surface area contributed by atoms with E-state index in [1.54, 1.807) is 0 Å². The topological polar surface area (TPSA) is 69.9 Å². The maximum atomic E-state index is 10.9. The largest absolute Gasteiger partial charge is 0.489 e. The maximum Gasteiger partial charge on any atom is 0.120 e. The Morgan fingerprint density at radius 1 is 0.758 bits per heavy atom. The molecule has 0 bridgehead atoms. The zero-order valence-corrected chi connectivity index (χ0v) is 20.2. The molecule has 0 aliphatic heterocycles. The Morgan fingerprint density at radius 2 is 1.45 bits per heavy atom. The molecule has 0 atom stereocenters. The first-order valence-corrected chi connectivity index (χ1v) is 11.8. The molecular weight excluding hydrogens is 412 g/mol. The minimum Gasteiger partial charge on any atom is -0.489 e. The minimum atomic E-state index is -0.791. The molecule has 3 aromatic carbocycles. The summed E-state index contributed by atoms with van der Waals surface area (Å²) in [6.45, 7) is 8.45. The molecule has 33 heavy (non-hydrogen) atoms. The van der Waals surface area contributed by atoms with E-state index in [0.29, 0.717) is 19.4 Å². The normalized spacial score (nSPS) is 11.6. The molecule has 0 heterocycles. The number of benzene rings is 3. The molecule has 0 fully saturated rings. The lowest BCUT2D eigenvalue weighted by molar-refractivity contribution is 0.0283. The summed E-state index contributed by atoms with van der Waals surface area (Å²) < 4.78 is 6.10. The zero-order chi connectivity index (χ0) is 24.0. The molecule has 0 aliphatic rings. The molecule has 4 nitrogen and oxygen atoms in total. The monoisotopic (exact) mass is 448 g/mol. The van der Waals surface area contributed by atoms with Gasteiger partial charge in [-0.3, -0.25) is 0 Å². The van der Waals surface area contributed by atoms with Crippen LogP contribution in [0.1, 0.15) is 67.0 Å². The number of hydrogen-bond donors (Lipinski definition) is 3. The van der Waals surface area contributed by atoms with Gasteiger partial charge < -0.3 is 20.1 Å². The lowest BCUT2D eigenvalue weighted by Crippen LogP contribution is -2.23. The lowest BCUT2D eigenvalue weighted by atomic mass is 9.85. The van der Waals surface area contributed by atoms with Crippen molar-refractivity contribution in [3.05, 3.63) is 88.0 Å². The highest BCUT2D eigenvalue weighted by atomic mass is 16.5. The quantitative estimate of drug-likeness (QED) is 0.367. The van der Waals surface area contributed by atoms with E-state index in [-0.39, 0.29) is 13.2 Å². The Bertz CT molecular complexity index is 1080. The summed E-state index contributed by atoms with van der Waals surface area (Å²) in [7, 11) is 0. The Balaban J connectivity index is 1.89. The van der Waals surface area contributed by atoms with Crippen LogP contribution in [0, 0.1) is 6.92 Å². The fourth-order valence-electron chi connectivity index (χ4n) is 4.36. The van der Waals surface area contributed by atoms with Crippen molar-refractivity contribution in [3.8, 4) is 16.9 Å². The SMILES string of the molecule is CCc1ccc(OCc2ccc(CO)c(CO)c2)cc1-c1ccc(C(O)(CC)CC)cc1C. The van der Waals surface area contributed by atoms with Gasteiger partial charge in [0.15, 0.2) is 0 Å². The standard InChI is InChI=1S/C29H36O4/c1-5-22-10-12-26(33-19-21-8-9-23(17-30)24(15-21)18-31)16-28(22)27-13-11-25(14-20(27)4)29(32,6-2)7-3/h8-16,30-32H,5-7,17-19H2,1-4H3. The van der Waals surface area contributed by atoms with Crippen molar-refractivity contribution >= 4 is 0 Å². The number of aliphatic hydroxyl groups is 3. The van der Waals surface area contributed by atoms with Gasteiger partial charge in [-0.25, -0.2) is 0 Å². The van der Waals surface area contributed by atoms with Gasteiger partial charge in [0.05, 0.1) is 18.8 Å². The molecule has 0 aliphatic carbocycles. The van der Waals surface area contributed by atoms with Gasteiger partial charge in [-0.1, -0.05) is 57.2 Å². The highest BCUT2D eigenvalue weighted by Gasteiger charge is 2.25. The second kappa shape index (κ2) is 11.0. The Morgan fingerprint density at radius 3 is 2.06 bits per heavy atom. The number of hydrogen-bond acceptors (Lipinski definition) is 4. The highest BCUT2D eigenvalue weighted by molar-refractivity contribution is 5.72. The second-order valence-corrected chi connectivity index (χ2v) is 8.65. The fraction of sp³-hybridized carbons (Fsp3) is 0.379. The summed E-state index contributed by atoms with van der Waals surface area (Å²) in [5, 5.41) is 29.9. The molecule has 4 heteroatoms. The molecule has 3 rings (SSSR count). The van der Waals surface area contributed by atoms with Crippen molar-refractivity contribution in [2.75, 3.05) is 0 Å². The van der Waals surface area contributed by atoms with Crippen LogP contribution in [0.4, 0.5) is 0 Å². The van der Waals surface area contributed by atoms with Gasteiger partial charge in [0.25, 0.3) is 0 Å². The minimum absolute atomic E-state index is 0.0923. The smallest absolute Gasteiger partial charge is 0.120 e. The Kier molecular flexibility index (Phi) is 8.30. The van der Waals surface area contributed by atoms with Crippen LogP contribution in [-0.4, -0.2) is 15.3 Å². The molecule has 176 valence electrons. The third-order valence-corrected chi connectivity index (χ3v) is 6.70. The van der Waals surface area contributed by atoms with Crippen molar-refractivity contribution in [2.24, 2.45) is 0 Å². The van der Waals surface area contributed by atoms with Gasteiger partial charge in [0.1, 0.15) is 12.4 Å². The molecule has 0 spiro atoms. The van der Waals surface area contributed by atoms with Crippen LogP contribution in [0.25, 0.3) is 11.1 Å². The van der Waals surface area contributed by atoms with E-state index in [4.69, 9.17) is 4.74 Å². The number of rotatable bonds is 10. The van der Waals surface area contributed by atoms with Crippen LogP contribution in [0.5, 0.6) is 5.75 Å². The van der Waals surface area contributed by atoms with Gasteiger partial charge >= 0.3 is 0 Å². The molecule has 0 saturated carbocycles. The van der Waals surface area contributed by atoms with Crippen molar-refractivity contribution in [3.63, 3.8) is 0 Å². The molecule has 0 amide bonds. The van der Waals surface area contributed by atoms with Crippen LogP contribution < -0.4 is 4.74 Å². The molecule has 3 N–H and O–H groups in total. The first kappa shape index (κ1) is 25.0. The van der Waals surface area contributed by atoms with Crippen molar-refractivity contribution in [1.82, 2.24) is 0 Å². The molecule has 0 unspecified atom stereocenters. The van der Waals surface area contributed by atoms with Crippen LogP contribution in [0.15, 0.2) is 54.6 Å². The summed E-state index contributed by atoms with van der Waals surface area (Å²) in [4.78, 5) is 0. The van der Waals surface area contributed by atoms with E-state index in [0.717, 1.165) is 51.1 Å². The second-order valence-electron chi connectivity index (χ2n) is 8.65. The Labute approximate surface area is 197 Å². The average molecular weight is 449 g/mol. The number of ether oxygens (including phenoxy) is 1. The molecular formula is C29H36O4.